The molecule has 2 aromatic rings. The molecule has 0 radical (unpaired) electrons. The Morgan fingerprint density at radius 1 is 1.50 bits per heavy atom. The second-order valence-electron chi connectivity index (χ2n) is 2.66. The normalized spacial score (nSPS) is 10.1. The van der Waals surface area contributed by atoms with Gasteiger partial charge in [0.25, 0.3) is 5.91 Å². The number of anilines is 1. The number of aromatic nitrogens is 2. The molecule has 72 valence electrons. The van der Waals surface area contributed by atoms with Gasteiger partial charge in [-0.3, -0.25) is 4.79 Å². The van der Waals surface area contributed by atoms with Crippen LogP contribution in [0, 0.1) is 6.92 Å². The van der Waals surface area contributed by atoms with Crippen LogP contribution in [0.25, 0.3) is 0 Å². The van der Waals surface area contributed by atoms with Crippen LogP contribution in [0.4, 0.5) is 5.82 Å². The van der Waals surface area contributed by atoms with E-state index in [-0.39, 0.29) is 11.6 Å². The van der Waals surface area contributed by atoms with Crippen molar-refractivity contribution in [3.63, 3.8) is 0 Å². The maximum absolute atomic E-state index is 11.4. The molecular formula is C8H7N3O3. The van der Waals surface area contributed by atoms with Gasteiger partial charge >= 0.3 is 0 Å². The first-order chi connectivity index (χ1) is 6.75. The fourth-order valence-electron chi connectivity index (χ4n) is 0.931. The Labute approximate surface area is 78.9 Å². The van der Waals surface area contributed by atoms with Crippen LogP contribution < -0.4 is 5.32 Å². The minimum Gasteiger partial charge on any atom is -0.363 e. The molecule has 0 fully saturated rings. The van der Waals surface area contributed by atoms with Crippen molar-refractivity contribution in [2.75, 3.05) is 5.32 Å². The Balaban J connectivity index is 2.10. The van der Waals surface area contributed by atoms with Gasteiger partial charge in [-0.2, -0.15) is 0 Å². The predicted octanol–water partition coefficient (Wildman–Crippen LogP) is 1.22. The highest BCUT2D eigenvalue weighted by Crippen LogP contribution is 2.06. The van der Waals surface area contributed by atoms with E-state index in [2.05, 4.69) is 20.2 Å². The molecule has 0 saturated carbocycles. The second-order valence-corrected chi connectivity index (χ2v) is 2.66. The Morgan fingerprint density at radius 2 is 2.36 bits per heavy atom. The average molecular weight is 193 g/mol. The van der Waals surface area contributed by atoms with Gasteiger partial charge in [0, 0.05) is 12.1 Å². The third-order valence-electron chi connectivity index (χ3n) is 1.54. The first-order valence-corrected chi connectivity index (χ1v) is 3.91. The van der Waals surface area contributed by atoms with Crippen molar-refractivity contribution >= 4 is 11.7 Å². The minimum absolute atomic E-state index is 0.213. The molecule has 0 bridgehead atoms. The van der Waals surface area contributed by atoms with Crippen molar-refractivity contribution in [2.45, 2.75) is 6.92 Å². The Kier molecular flexibility index (Phi) is 2.02. The van der Waals surface area contributed by atoms with E-state index in [1.54, 1.807) is 6.92 Å². The Morgan fingerprint density at radius 3 is 2.93 bits per heavy atom. The van der Waals surface area contributed by atoms with Crippen molar-refractivity contribution in [2.24, 2.45) is 0 Å². The van der Waals surface area contributed by atoms with Crippen LogP contribution in [-0.2, 0) is 0 Å². The molecule has 0 aromatic carbocycles. The van der Waals surface area contributed by atoms with E-state index in [1.807, 2.05) is 0 Å². The first-order valence-electron chi connectivity index (χ1n) is 3.91. The van der Waals surface area contributed by atoms with Crippen LogP contribution in [-0.4, -0.2) is 16.2 Å². The molecule has 1 N–H and O–H groups in total. The van der Waals surface area contributed by atoms with Gasteiger partial charge in [-0.15, -0.1) is 0 Å². The highest BCUT2D eigenvalue weighted by Gasteiger charge is 2.11. The fourth-order valence-corrected chi connectivity index (χ4v) is 0.931. The molecule has 2 aromatic heterocycles. The van der Waals surface area contributed by atoms with Crippen molar-refractivity contribution in [3.8, 4) is 0 Å². The van der Waals surface area contributed by atoms with E-state index in [4.69, 9.17) is 4.52 Å². The summed E-state index contributed by atoms with van der Waals surface area (Å²) in [4.78, 5) is 11.4. The van der Waals surface area contributed by atoms with Gasteiger partial charge < -0.3 is 14.4 Å². The standard InChI is InChI=1S/C8H7N3O3/c1-5-4-6(10-14-5)8(12)9-7-2-3-13-11-7/h2-4H,1H3,(H,9,11,12). The molecule has 6 nitrogen and oxygen atoms in total. The number of rotatable bonds is 2. The number of amides is 1. The van der Waals surface area contributed by atoms with Gasteiger partial charge in [-0.05, 0) is 6.92 Å². The summed E-state index contributed by atoms with van der Waals surface area (Å²) in [7, 11) is 0. The summed E-state index contributed by atoms with van der Waals surface area (Å²) in [5.41, 5.74) is 0.213. The quantitative estimate of drug-likeness (QED) is 0.775. The summed E-state index contributed by atoms with van der Waals surface area (Å²) in [6, 6.07) is 3.07. The summed E-state index contributed by atoms with van der Waals surface area (Å²) < 4.78 is 9.30. The van der Waals surface area contributed by atoms with Crippen LogP contribution in [0.1, 0.15) is 16.2 Å². The number of nitrogens with one attached hydrogen (secondary N) is 1. The molecule has 0 aliphatic heterocycles. The van der Waals surface area contributed by atoms with Gasteiger partial charge in [0.05, 0.1) is 0 Å². The summed E-state index contributed by atoms with van der Waals surface area (Å²) in [5.74, 6) is 0.543. The van der Waals surface area contributed by atoms with Crippen LogP contribution in [0.2, 0.25) is 0 Å². The Bertz CT molecular complexity index is 432. The van der Waals surface area contributed by atoms with Crippen molar-refractivity contribution in [3.05, 3.63) is 29.9 Å². The highest BCUT2D eigenvalue weighted by atomic mass is 16.5. The largest absolute Gasteiger partial charge is 0.363 e. The summed E-state index contributed by atoms with van der Waals surface area (Å²) in [6.45, 7) is 1.71. The average Bonchev–Trinajstić information content (AvgIpc) is 2.75. The number of nitrogens with zero attached hydrogens (tertiary/aromatic N) is 2. The monoisotopic (exact) mass is 193 g/mol. The van der Waals surface area contributed by atoms with Crippen molar-refractivity contribution < 1.29 is 13.8 Å². The fraction of sp³-hybridized carbons (Fsp3) is 0.125. The van der Waals surface area contributed by atoms with E-state index in [0.717, 1.165) is 0 Å². The maximum atomic E-state index is 11.4. The van der Waals surface area contributed by atoms with Gasteiger partial charge in [0.1, 0.15) is 12.0 Å². The number of carbonyl (C=O) groups excluding carboxylic acids is 1. The molecule has 6 heteroatoms. The van der Waals surface area contributed by atoms with Crippen molar-refractivity contribution in [1.29, 1.82) is 0 Å². The van der Waals surface area contributed by atoms with Crippen LogP contribution in [0.5, 0.6) is 0 Å². The highest BCUT2D eigenvalue weighted by molar-refractivity contribution is 6.02. The predicted molar refractivity (Wildman–Crippen MR) is 45.7 cm³/mol. The molecule has 2 heterocycles. The van der Waals surface area contributed by atoms with Gasteiger partial charge in [-0.25, -0.2) is 0 Å². The van der Waals surface area contributed by atoms with Crippen LogP contribution in [0.3, 0.4) is 0 Å². The van der Waals surface area contributed by atoms with Gasteiger partial charge in [0.15, 0.2) is 11.5 Å². The molecule has 0 unspecified atom stereocenters. The second kappa shape index (κ2) is 3.33. The van der Waals surface area contributed by atoms with Crippen LogP contribution in [0.15, 0.2) is 27.4 Å². The zero-order valence-electron chi connectivity index (χ0n) is 7.35. The maximum Gasteiger partial charge on any atom is 0.279 e. The zero-order chi connectivity index (χ0) is 9.97. The third kappa shape index (κ3) is 1.63. The first kappa shape index (κ1) is 8.49. The summed E-state index contributed by atoms with van der Waals surface area (Å²) in [6.07, 6.45) is 1.36. The SMILES string of the molecule is Cc1cc(C(=O)Nc2ccon2)no1. The molecule has 0 aliphatic carbocycles. The lowest BCUT2D eigenvalue weighted by molar-refractivity contribution is 0.101. The molecule has 0 atom stereocenters. The van der Waals surface area contributed by atoms with Gasteiger partial charge in [0.2, 0.25) is 0 Å². The van der Waals surface area contributed by atoms with E-state index in [0.29, 0.717) is 11.6 Å². The number of hydrogen-bond donors (Lipinski definition) is 1. The number of aryl methyl sites for hydroxylation is 1. The van der Waals surface area contributed by atoms with E-state index < -0.39 is 0 Å². The van der Waals surface area contributed by atoms with Crippen molar-refractivity contribution in [1.82, 2.24) is 10.3 Å². The lowest BCUT2D eigenvalue weighted by Gasteiger charge is -1.94. The number of carbonyl (C=O) groups is 1. The van der Waals surface area contributed by atoms with Gasteiger partial charge in [-0.1, -0.05) is 10.3 Å². The zero-order valence-corrected chi connectivity index (χ0v) is 7.35. The summed E-state index contributed by atoms with van der Waals surface area (Å²) in [5, 5.41) is 9.56. The summed E-state index contributed by atoms with van der Waals surface area (Å²) >= 11 is 0. The molecule has 1 amide bonds. The van der Waals surface area contributed by atoms with Crippen LogP contribution >= 0.6 is 0 Å². The molecule has 0 spiro atoms. The smallest absolute Gasteiger partial charge is 0.279 e. The topological polar surface area (TPSA) is 81.2 Å². The Hall–Kier alpha value is -2.11. The van der Waals surface area contributed by atoms with E-state index in [9.17, 15) is 4.79 Å². The molecule has 2 rings (SSSR count). The molecule has 0 saturated heterocycles. The van der Waals surface area contributed by atoms with E-state index >= 15 is 0 Å². The minimum atomic E-state index is -0.379. The van der Waals surface area contributed by atoms with E-state index in [1.165, 1.54) is 18.4 Å². The number of hydrogen-bond acceptors (Lipinski definition) is 5. The lowest BCUT2D eigenvalue weighted by atomic mass is 10.3. The third-order valence-corrected chi connectivity index (χ3v) is 1.54. The molecule has 0 aliphatic rings. The molecular weight excluding hydrogens is 186 g/mol. The lowest BCUT2D eigenvalue weighted by Crippen LogP contribution is -2.12. The molecule has 14 heavy (non-hydrogen) atoms.